The molecule has 0 amide bonds. The Bertz CT molecular complexity index is 200. The van der Waals surface area contributed by atoms with E-state index in [0.29, 0.717) is 0 Å². The maximum atomic E-state index is 10.6. The van der Waals surface area contributed by atoms with Gasteiger partial charge in [-0.3, -0.25) is 0 Å². The zero-order chi connectivity index (χ0) is 10.2. The summed E-state index contributed by atoms with van der Waals surface area (Å²) in [5.41, 5.74) is -0.749. The molecule has 0 spiro atoms. The van der Waals surface area contributed by atoms with E-state index in [9.17, 15) is 10.2 Å². The summed E-state index contributed by atoms with van der Waals surface area (Å²) in [6.07, 6.45) is 4.82. The van der Waals surface area contributed by atoms with Gasteiger partial charge in [0.15, 0.2) is 0 Å². The molecule has 2 aliphatic rings. The van der Waals surface area contributed by atoms with Crippen molar-refractivity contribution in [2.45, 2.75) is 37.7 Å². The molecule has 3 heteroatoms. The molecule has 0 aromatic rings. The molecule has 14 heavy (non-hydrogen) atoms. The lowest BCUT2D eigenvalue weighted by atomic mass is 9.56. The number of aliphatic hydroxyl groups is 2. The van der Waals surface area contributed by atoms with Gasteiger partial charge in [-0.1, -0.05) is 6.42 Å². The number of aliphatic hydroxyl groups excluding tert-OH is 1. The van der Waals surface area contributed by atoms with Crippen LogP contribution in [0.4, 0.5) is 0 Å². The molecule has 1 aliphatic carbocycles. The molecule has 3 nitrogen and oxygen atoms in total. The molecule has 82 valence electrons. The van der Waals surface area contributed by atoms with E-state index in [-0.39, 0.29) is 12.0 Å². The highest BCUT2D eigenvalue weighted by atomic mass is 16.3. The Balaban J connectivity index is 2.07. The molecule has 1 saturated carbocycles. The van der Waals surface area contributed by atoms with Crippen LogP contribution in [0.1, 0.15) is 32.1 Å². The number of rotatable bonds is 2. The Morgan fingerprint density at radius 3 is 2.07 bits per heavy atom. The van der Waals surface area contributed by atoms with Crippen molar-refractivity contribution in [3.63, 3.8) is 0 Å². The van der Waals surface area contributed by atoms with Crippen LogP contribution in [0.3, 0.4) is 0 Å². The van der Waals surface area contributed by atoms with Crippen LogP contribution in [-0.4, -0.2) is 47.5 Å². The van der Waals surface area contributed by atoms with Crippen molar-refractivity contribution in [2.24, 2.45) is 5.41 Å². The quantitative estimate of drug-likeness (QED) is 0.684. The Morgan fingerprint density at radius 2 is 1.71 bits per heavy atom. The number of likely N-dealkylation sites (tertiary alicyclic amines) is 1. The van der Waals surface area contributed by atoms with E-state index in [2.05, 4.69) is 11.9 Å². The largest absolute Gasteiger partial charge is 0.396 e. The van der Waals surface area contributed by atoms with Crippen molar-refractivity contribution in [3.05, 3.63) is 0 Å². The number of hydrogen-bond donors (Lipinski definition) is 2. The first kappa shape index (κ1) is 10.4. The lowest BCUT2D eigenvalue weighted by Crippen LogP contribution is -2.59. The van der Waals surface area contributed by atoms with Gasteiger partial charge in [-0.15, -0.1) is 0 Å². The average Bonchev–Trinajstić information content (AvgIpc) is 2.10. The van der Waals surface area contributed by atoms with Crippen molar-refractivity contribution in [2.75, 3.05) is 26.7 Å². The highest BCUT2D eigenvalue weighted by molar-refractivity contribution is 5.05. The first-order valence-electron chi connectivity index (χ1n) is 5.64. The predicted octanol–water partition coefficient (Wildman–Crippen LogP) is 0.606. The molecular formula is C11H21NO2. The van der Waals surface area contributed by atoms with Crippen LogP contribution in [0.15, 0.2) is 0 Å². The SMILES string of the molecule is CN1CCC(O)(C2(CO)CCC2)CC1. The third-order valence-corrected chi connectivity index (χ3v) is 4.41. The highest BCUT2D eigenvalue weighted by Crippen LogP contribution is 2.52. The zero-order valence-electron chi connectivity index (χ0n) is 9.00. The lowest BCUT2D eigenvalue weighted by Gasteiger charge is -2.55. The van der Waals surface area contributed by atoms with Gasteiger partial charge in [0.2, 0.25) is 0 Å². The van der Waals surface area contributed by atoms with Gasteiger partial charge >= 0.3 is 0 Å². The van der Waals surface area contributed by atoms with Crippen molar-refractivity contribution < 1.29 is 10.2 Å². The summed E-state index contributed by atoms with van der Waals surface area (Å²) in [4.78, 5) is 2.25. The molecule has 0 atom stereocenters. The fraction of sp³-hybridized carbons (Fsp3) is 1.00. The van der Waals surface area contributed by atoms with Gasteiger partial charge in [0.1, 0.15) is 0 Å². The van der Waals surface area contributed by atoms with E-state index in [0.717, 1.165) is 38.8 Å². The summed E-state index contributed by atoms with van der Waals surface area (Å²) in [5, 5.41) is 20.0. The Kier molecular flexibility index (Phi) is 2.58. The molecule has 2 fully saturated rings. The second-order valence-corrected chi connectivity index (χ2v) is 5.13. The molecule has 1 saturated heterocycles. The van der Waals surface area contributed by atoms with E-state index in [4.69, 9.17) is 0 Å². The van der Waals surface area contributed by atoms with Crippen LogP contribution < -0.4 is 0 Å². The van der Waals surface area contributed by atoms with Gasteiger partial charge in [0, 0.05) is 18.5 Å². The third-order valence-electron chi connectivity index (χ3n) is 4.41. The van der Waals surface area contributed by atoms with Gasteiger partial charge in [0.25, 0.3) is 0 Å². The van der Waals surface area contributed by atoms with Crippen molar-refractivity contribution >= 4 is 0 Å². The topological polar surface area (TPSA) is 43.7 Å². The predicted molar refractivity (Wildman–Crippen MR) is 55.1 cm³/mol. The Hall–Kier alpha value is -0.120. The minimum Gasteiger partial charge on any atom is -0.396 e. The first-order chi connectivity index (χ1) is 6.62. The zero-order valence-corrected chi connectivity index (χ0v) is 9.00. The summed E-state index contributed by atoms with van der Waals surface area (Å²) >= 11 is 0. The van der Waals surface area contributed by atoms with Crippen LogP contribution in [-0.2, 0) is 0 Å². The summed E-state index contributed by atoms with van der Waals surface area (Å²) in [5.74, 6) is 0. The van der Waals surface area contributed by atoms with Gasteiger partial charge in [0.05, 0.1) is 12.2 Å². The van der Waals surface area contributed by atoms with Crippen LogP contribution in [0.2, 0.25) is 0 Å². The molecule has 2 N–H and O–H groups in total. The smallest absolute Gasteiger partial charge is 0.0749 e. The minimum absolute atomic E-state index is 0.158. The standard InChI is InChI=1S/C11H21NO2/c1-12-7-5-11(14,6-8-12)10(9-13)3-2-4-10/h13-14H,2-9H2,1H3. The first-order valence-corrected chi connectivity index (χ1v) is 5.64. The third kappa shape index (κ3) is 1.38. The van der Waals surface area contributed by atoms with Crippen LogP contribution in [0.5, 0.6) is 0 Å². The van der Waals surface area contributed by atoms with E-state index in [1.54, 1.807) is 0 Å². The molecule has 0 aromatic heterocycles. The van der Waals surface area contributed by atoms with Gasteiger partial charge in [-0.05, 0) is 32.7 Å². The fourth-order valence-electron chi connectivity index (χ4n) is 2.89. The molecule has 1 heterocycles. The molecular weight excluding hydrogens is 178 g/mol. The van der Waals surface area contributed by atoms with Crippen LogP contribution in [0.25, 0.3) is 0 Å². The molecule has 1 aliphatic heterocycles. The second kappa shape index (κ2) is 3.47. The molecule has 0 bridgehead atoms. The van der Waals surface area contributed by atoms with Crippen LogP contribution >= 0.6 is 0 Å². The lowest BCUT2D eigenvalue weighted by molar-refractivity contribution is -0.173. The average molecular weight is 199 g/mol. The molecule has 2 rings (SSSR count). The summed E-state index contributed by atoms with van der Waals surface area (Å²) in [6, 6.07) is 0. The number of piperidine rings is 1. The van der Waals surface area contributed by atoms with Crippen molar-refractivity contribution in [3.8, 4) is 0 Å². The highest BCUT2D eigenvalue weighted by Gasteiger charge is 2.53. The Labute approximate surface area is 85.7 Å². The van der Waals surface area contributed by atoms with E-state index in [1.807, 2.05) is 0 Å². The minimum atomic E-state index is -0.591. The normalized spacial score (nSPS) is 31.1. The van der Waals surface area contributed by atoms with E-state index < -0.39 is 5.60 Å². The second-order valence-electron chi connectivity index (χ2n) is 5.13. The monoisotopic (exact) mass is 199 g/mol. The number of nitrogens with zero attached hydrogens (tertiary/aromatic N) is 1. The van der Waals surface area contributed by atoms with Crippen LogP contribution in [0, 0.1) is 5.41 Å². The number of hydrogen-bond acceptors (Lipinski definition) is 3. The summed E-state index contributed by atoms with van der Waals surface area (Å²) in [6.45, 7) is 2.07. The summed E-state index contributed by atoms with van der Waals surface area (Å²) in [7, 11) is 2.09. The Morgan fingerprint density at radius 1 is 1.14 bits per heavy atom. The molecule has 0 aromatic carbocycles. The van der Waals surface area contributed by atoms with E-state index in [1.165, 1.54) is 6.42 Å². The maximum absolute atomic E-state index is 10.6. The van der Waals surface area contributed by atoms with E-state index >= 15 is 0 Å². The van der Waals surface area contributed by atoms with Crippen molar-refractivity contribution in [1.29, 1.82) is 0 Å². The van der Waals surface area contributed by atoms with Gasteiger partial charge in [-0.2, -0.15) is 0 Å². The van der Waals surface area contributed by atoms with Gasteiger partial charge < -0.3 is 15.1 Å². The maximum Gasteiger partial charge on any atom is 0.0749 e. The molecule has 0 radical (unpaired) electrons. The summed E-state index contributed by atoms with van der Waals surface area (Å²) < 4.78 is 0. The fourth-order valence-corrected chi connectivity index (χ4v) is 2.89. The van der Waals surface area contributed by atoms with Gasteiger partial charge in [-0.25, -0.2) is 0 Å². The molecule has 0 unspecified atom stereocenters. The van der Waals surface area contributed by atoms with Crippen molar-refractivity contribution in [1.82, 2.24) is 4.90 Å².